The molecule has 1 aromatic heterocycles. The number of hydrogen-bond donors (Lipinski definition) is 0. The normalized spacial score (nSPS) is 19.4. The van der Waals surface area contributed by atoms with E-state index in [1.165, 1.54) is 7.11 Å². The molecule has 5 nitrogen and oxygen atoms in total. The summed E-state index contributed by atoms with van der Waals surface area (Å²) in [4.78, 5) is 25.3. The van der Waals surface area contributed by atoms with Gasteiger partial charge in [0.05, 0.1) is 19.0 Å². The Labute approximate surface area is 186 Å². The molecule has 2 aromatic rings. The Bertz CT molecular complexity index is 1010. The fourth-order valence-corrected chi connectivity index (χ4v) is 5.34. The quantitative estimate of drug-likeness (QED) is 0.318. The minimum absolute atomic E-state index is 0.0603. The summed E-state index contributed by atoms with van der Waals surface area (Å²) in [7, 11) is -0.505. The van der Waals surface area contributed by atoms with Crippen LogP contribution in [0.1, 0.15) is 56.1 Å². The SMILES string of the molecule is C=CC1(CCO[Si](C)(C)C(C)(C)C)CCC(=O)n2c1c(CC(=O)OC)c1ccccc12. The van der Waals surface area contributed by atoms with Gasteiger partial charge >= 0.3 is 5.97 Å². The van der Waals surface area contributed by atoms with Crippen LogP contribution >= 0.6 is 0 Å². The van der Waals surface area contributed by atoms with E-state index < -0.39 is 13.7 Å². The zero-order valence-corrected chi connectivity index (χ0v) is 20.7. The lowest BCUT2D eigenvalue weighted by atomic mass is 9.73. The zero-order chi connectivity index (χ0) is 23.0. The summed E-state index contributed by atoms with van der Waals surface area (Å²) in [6.07, 6.45) is 3.92. The van der Waals surface area contributed by atoms with Gasteiger partial charge in [0.1, 0.15) is 0 Å². The summed E-state index contributed by atoms with van der Waals surface area (Å²) in [6.45, 7) is 15.9. The highest BCUT2D eigenvalue weighted by molar-refractivity contribution is 6.74. The van der Waals surface area contributed by atoms with Crippen LogP contribution in [0, 0.1) is 0 Å². The molecule has 1 aromatic carbocycles. The molecule has 0 spiro atoms. The first-order valence-corrected chi connectivity index (χ1v) is 13.9. The van der Waals surface area contributed by atoms with E-state index in [1.54, 1.807) is 0 Å². The Morgan fingerprint density at radius 2 is 1.97 bits per heavy atom. The molecule has 0 fully saturated rings. The predicted molar refractivity (Wildman–Crippen MR) is 127 cm³/mol. The maximum Gasteiger partial charge on any atom is 0.310 e. The van der Waals surface area contributed by atoms with Crippen molar-refractivity contribution in [3.63, 3.8) is 0 Å². The number of methoxy groups -OCH3 is 1. The Morgan fingerprint density at radius 1 is 1.29 bits per heavy atom. The molecular formula is C25H35NO4Si. The van der Waals surface area contributed by atoms with Crippen LogP contribution in [0.3, 0.4) is 0 Å². The van der Waals surface area contributed by atoms with Gasteiger partial charge in [-0.15, -0.1) is 6.58 Å². The number of rotatable bonds is 7. The number of hydrogen-bond acceptors (Lipinski definition) is 4. The third kappa shape index (κ3) is 4.15. The van der Waals surface area contributed by atoms with Crippen molar-refractivity contribution >= 4 is 31.1 Å². The van der Waals surface area contributed by atoms with Gasteiger partial charge in [0.15, 0.2) is 8.32 Å². The molecule has 0 amide bonds. The first-order chi connectivity index (χ1) is 14.5. The number of para-hydroxylation sites is 1. The van der Waals surface area contributed by atoms with Crippen LogP contribution in [0.2, 0.25) is 18.1 Å². The molecule has 0 radical (unpaired) electrons. The van der Waals surface area contributed by atoms with E-state index in [0.717, 1.165) is 28.6 Å². The molecule has 0 saturated heterocycles. The van der Waals surface area contributed by atoms with Gasteiger partial charge in [-0.25, -0.2) is 0 Å². The van der Waals surface area contributed by atoms with E-state index in [0.29, 0.717) is 19.4 Å². The van der Waals surface area contributed by atoms with E-state index in [1.807, 2.05) is 34.9 Å². The molecule has 0 saturated carbocycles. The number of fused-ring (bicyclic) bond motifs is 3. The number of esters is 1. The molecule has 168 valence electrons. The summed E-state index contributed by atoms with van der Waals surface area (Å²) >= 11 is 0. The highest BCUT2D eigenvalue weighted by atomic mass is 28.4. The number of aromatic nitrogens is 1. The molecule has 31 heavy (non-hydrogen) atoms. The molecule has 0 aliphatic carbocycles. The average molecular weight is 442 g/mol. The third-order valence-corrected chi connectivity index (χ3v) is 11.8. The summed E-state index contributed by atoms with van der Waals surface area (Å²) in [5.74, 6) is -0.252. The average Bonchev–Trinajstić information content (AvgIpc) is 3.05. The summed E-state index contributed by atoms with van der Waals surface area (Å²) in [5, 5.41) is 1.05. The van der Waals surface area contributed by atoms with Crippen molar-refractivity contribution in [1.82, 2.24) is 4.57 Å². The Kier molecular flexibility index (Phi) is 6.36. The Hall–Kier alpha value is -2.18. The van der Waals surface area contributed by atoms with E-state index in [4.69, 9.17) is 9.16 Å². The van der Waals surface area contributed by atoms with Crippen molar-refractivity contribution in [2.45, 2.75) is 70.0 Å². The smallest absolute Gasteiger partial charge is 0.310 e. The van der Waals surface area contributed by atoms with Crippen LogP contribution in [0.4, 0.5) is 0 Å². The van der Waals surface area contributed by atoms with Gasteiger partial charge in [-0.3, -0.25) is 14.2 Å². The molecule has 6 heteroatoms. The van der Waals surface area contributed by atoms with E-state index in [-0.39, 0.29) is 23.3 Å². The number of carbonyl (C=O) groups excluding carboxylic acids is 2. The minimum Gasteiger partial charge on any atom is -0.469 e. The molecular weight excluding hydrogens is 406 g/mol. The highest BCUT2D eigenvalue weighted by Crippen LogP contribution is 2.45. The Morgan fingerprint density at radius 3 is 2.58 bits per heavy atom. The van der Waals surface area contributed by atoms with Crippen LogP contribution < -0.4 is 0 Å². The fraction of sp³-hybridized carbons (Fsp3) is 0.520. The van der Waals surface area contributed by atoms with Crippen molar-refractivity contribution in [2.75, 3.05) is 13.7 Å². The minimum atomic E-state index is -1.90. The van der Waals surface area contributed by atoms with Crippen molar-refractivity contribution in [3.05, 3.63) is 48.2 Å². The molecule has 0 bridgehead atoms. The van der Waals surface area contributed by atoms with Crippen LogP contribution in [0.25, 0.3) is 10.9 Å². The number of benzene rings is 1. The molecule has 3 rings (SSSR count). The third-order valence-electron chi connectivity index (χ3n) is 7.24. The molecule has 0 N–H and O–H groups in total. The number of carbonyl (C=O) groups is 2. The van der Waals surface area contributed by atoms with Crippen LogP contribution in [0.15, 0.2) is 36.9 Å². The van der Waals surface area contributed by atoms with Gasteiger partial charge in [0.25, 0.3) is 0 Å². The van der Waals surface area contributed by atoms with Gasteiger partial charge < -0.3 is 9.16 Å². The molecule has 1 atom stereocenters. The van der Waals surface area contributed by atoms with E-state index in [9.17, 15) is 9.59 Å². The zero-order valence-electron chi connectivity index (χ0n) is 19.7. The van der Waals surface area contributed by atoms with Crippen LogP contribution in [-0.2, 0) is 25.8 Å². The first-order valence-electron chi connectivity index (χ1n) is 11.0. The van der Waals surface area contributed by atoms with Gasteiger partial charge in [0.2, 0.25) is 5.91 Å². The highest BCUT2D eigenvalue weighted by Gasteiger charge is 2.43. The molecule has 1 aliphatic rings. The number of ether oxygens (including phenoxy) is 1. The molecule has 1 aliphatic heterocycles. The number of nitrogens with zero attached hydrogens (tertiary/aromatic N) is 1. The van der Waals surface area contributed by atoms with Crippen LogP contribution in [0.5, 0.6) is 0 Å². The molecule has 2 heterocycles. The largest absolute Gasteiger partial charge is 0.469 e. The van der Waals surface area contributed by atoms with E-state index >= 15 is 0 Å². The maximum atomic E-state index is 13.0. The number of allylic oxidation sites excluding steroid dienone is 1. The van der Waals surface area contributed by atoms with Crippen molar-refractivity contribution in [1.29, 1.82) is 0 Å². The lowest BCUT2D eigenvalue weighted by Gasteiger charge is -2.40. The second-order valence-corrected chi connectivity index (χ2v) is 14.9. The van der Waals surface area contributed by atoms with Gasteiger partial charge in [-0.05, 0) is 42.6 Å². The van der Waals surface area contributed by atoms with Gasteiger partial charge in [0, 0.05) is 29.5 Å². The standard InChI is InChI=1S/C25H35NO4Si/c1-8-25(15-16-30-31(6,7)24(2,3)4)14-13-21(27)26-20-12-10-9-11-18(20)19(23(25)26)17-22(28)29-5/h8-12H,1,13-17H2,2-7H3. The monoisotopic (exact) mass is 441 g/mol. The van der Waals surface area contributed by atoms with Crippen molar-refractivity contribution < 1.29 is 18.8 Å². The van der Waals surface area contributed by atoms with Crippen LogP contribution in [-0.4, -0.2) is 38.5 Å². The molecule has 1 unspecified atom stereocenters. The second-order valence-electron chi connectivity index (χ2n) is 10.0. The van der Waals surface area contributed by atoms with Crippen molar-refractivity contribution in [3.8, 4) is 0 Å². The van der Waals surface area contributed by atoms with Gasteiger partial charge in [-0.1, -0.05) is 45.0 Å². The summed E-state index contributed by atoms with van der Waals surface area (Å²) in [5.41, 5.74) is 2.16. The maximum absolute atomic E-state index is 13.0. The topological polar surface area (TPSA) is 57.5 Å². The summed E-state index contributed by atoms with van der Waals surface area (Å²) < 4.78 is 13.3. The second kappa shape index (κ2) is 8.39. The van der Waals surface area contributed by atoms with Gasteiger partial charge in [-0.2, -0.15) is 0 Å². The predicted octanol–water partition coefficient (Wildman–Crippen LogP) is 5.63. The van der Waals surface area contributed by atoms with E-state index in [2.05, 4.69) is 40.4 Å². The van der Waals surface area contributed by atoms with Crippen molar-refractivity contribution in [2.24, 2.45) is 0 Å². The fourth-order valence-electron chi connectivity index (χ4n) is 4.29. The lowest BCUT2D eigenvalue weighted by molar-refractivity contribution is -0.139. The lowest BCUT2D eigenvalue weighted by Crippen LogP contribution is -2.43. The Balaban J connectivity index is 2.09. The summed E-state index contributed by atoms with van der Waals surface area (Å²) in [6, 6.07) is 7.79. The first kappa shape index (κ1) is 23.5.